The molecule has 1 aromatic rings. The van der Waals surface area contributed by atoms with Gasteiger partial charge in [0.25, 0.3) is 0 Å². The summed E-state index contributed by atoms with van der Waals surface area (Å²) in [4.78, 5) is 0. The van der Waals surface area contributed by atoms with Crippen LogP contribution < -0.4 is 5.32 Å². The van der Waals surface area contributed by atoms with Crippen molar-refractivity contribution in [2.45, 2.75) is 32.7 Å². The van der Waals surface area contributed by atoms with E-state index in [9.17, 15) is 0 Å². The van der Waals surface area contributed by atoms with Crippen molar-refractivity contribution in [1.29, 1.82) is 0 Å². The monoisotopic (exact) mass is 189 g/mol. The first-order valence-electron chi connectivity index (χ1n) is 5.59. The summed E-state index contributed by atoms with van der Waals surface area (Å²) in [5.74, 6) is 0. The van der Waals surface area contributed by atoms with Gasteiger partial charge in [-0.25, -0.2) is 0 Å². The molecule has 0 unspecified atom stereocenters. The van der Waals surface area contributed by atoms with Crippen molar-refractivity contribution in [2.75, 3.05) is 6.54 Å². The third-order valence-corrected chi connectivity index (χ3v) is 3.38. The Morgan fingerprint density at radius 1 is 1.21 bits per heavy atom. The van der Waals surface area contributed by atoms with Crippen LogP contribution in [0.1, 0.15) is 31.7 Å². The van der Waals surface area contributed by atoms with Gasteiger partial charge in [0.1, 0.15) is 0 Å². The largest absolute Gasteiger partial charge is 0.312 e. The molecule has 1 N–H and O–H groups in total. The Hall–Kier alpha value is -0.820. The number of hydrogen-bond acceptors (Lipinski definition) is 1. The van der Waals surface area contributed by atoms with Gasteiger partial charge in [0.2, 0.25) is 0 Å². The fourth-order valence-electron chi connectivity index (χ4n) is 1.90. The molecule has 0 spiro atoms. The highest BCUT2D eigenvalue weighted by Gasteiger charge is 2.39. The summed E-state index contributed by atoms with van der Waals surface area (Å²) < 4.78 is 0. The second kappa shape index (κ2) is 4.14. The molecule has 1 aliphatic rings. The number of hydrogen-bond donors (Lipinski definition) is 1. The molecule has 1 aromatic carbocycles. The lowest BCUT2D eigenvalue weighted by molar-refractivity contribution is 0.443. The van der Waals surface area contributed by atoms with Crippen LogP contribution in [0.2, 0.25) is 0 Å². The lowest BCUT2D eigenvalue weighted by Gasteiger charge is -2.13. The van der Waals surface area contributed by atoms with Crippen molar-refractivity contribution in [3.05, 3.63) is 35.9 Å². The maximum Gasteiger partial charge on any atom is 0.0205 e. The van der Waals surface area contributed by atoms with Crippen LogP contribution >= 0.6 is 0 Å². The minimum absolute atomic E-state index is 0.661. The minimum Gasteiger partial charge on any atom is -0.312 e. The van der Waals surface area contributed by atoms with Crippen LogP contribution in [0.3, 0.4) is 0 Å². The first kappa shape index (κ1) is 9.72. The van der Waals surface area contributed by atoms with Crippen molar-refractivity contribution < 1.29 is 0 Å². The molecule has 0 bridgehead atoms. The van der Waals surface area contributed by atoms with Crippen molar-refractivity contribution >= 4 is 0 Å². The van der Waals surface area contributed by atoms with Crippen molar-refractivity contribution in [1.82, 2.24) is 5.32 Å². The van der Waals surface area contributed by atoms with Gasteiger partial charge in [0, 0.05) is 13.1 Å². The van der Waals surface area contributed by atoms with Gasteiger partial charge in [0.05, 0.1) is 0 Å². The normalized spacial score (nSPS) is 18.1. The van der Waals surface area contributed by atoms with E-state index >= 15 is 0 Å². The minimum atomic E-state index is 0.661. The van der Waals surface area contributed by atoms with Crippen LogP contribution in [0.5, 0.6) is 0 Å². The third kappa shape index (κ3) is 2.36. The molecule has 0 aliphatic heterocycles. The van der Waals surface area contributed by atoms with Gasteiger partial charge in [-0.3, -0.25) is 0 Å². The highest BCUT2D eigenvalue weighted by molar-refractivity contribution is 5.14. The molecule has 0 radical (unpaired) electrons. The molecule has 1 aliphatic carbocycles. The average Bonchev–Trinajstić information content (AvgIpc) is 3.00. The Labute approximate surface area is 86.5 Å². The summed E-state index contributed by atoms with van der Waals surface area (Å²) in [5.41, 5.74) is 2.05. The average molecular weight is 189 g/mol. The van der Waals surface area contributed by atoms with E-state index in [0.717, 1.165) is 6.54 Å². The highest BCUT2D eigenvalue weighted by atomic mass is 14.9. The predicted octanol–water partition coefficient (Wildman–Crippen LogP) is 2.97. The van der Waals surface area contributed by atoms with Crippen molar-refractivity contribution in [3.63, 3.8) is 0 Å². The second-order valence-corrected chi connectivity index (χ2v) is 4.44. The molecule has 0 aromatic heterocycles. The molecule has 1 heteroatoms. The van der Waals surface area contributed by atoms with Gasteiger partial charge in [-0.05, 0) is 30.2 Å². The zero-order chi connectivity index (χ0) is 9.86. The third-order valence-electron chi connectivity index (χ3n) is 3.38. The van der Waals surface area contributed by atoms with E-state index in [1.807, 2.05) is 0 Å². The molecule has 14 heavy (non-hydrogen) atoms. The first-order valence-corrected chi connectivity index (χ1v) is 5.59. The van der Waals surface area contributed by atoms with Crippen molar-refractivity contribution in [2.24, 2.45) is 5.41 Å². The quantitative estimate of drug-likeness (QED) is 0.751. The summed E-state index contributed by atoms with van der Waals surface area (Å²) in [6.45, 7) is 4.51. The summed E-state index contributed by atoms with van der Waals surface area (Å²) in [6, 6.07) is 10.6. The molecule has 1 fully saturated rings. The zero-order valence-electron chi connectivity index (χ0n) is 8.92. The Morgan fingerprint density at radius 2 is 1.93 bits per heavy atom. The molecule has 0 amide bonds. The highest BCUT2D eigenvalue weighted by Crippen LogP contribution is 2.47. The molecule has 2 rings (SSSR count). The number of nitrogens with one attached hydrogen (secondary N) is 1. The van der Waals surface area contributed by atoms with Gasteiger partial charge >= 0.3 is 0 Å². The lowest BCUT2D eigenvalue weighted by atomic mass is 10.0. The lowest BCUT2D eigenvalue weighted by Crippen LogP contribution is -2.22. The van der Waals surface area contributed by atoms with E-state index in [0.29, 0.717) is 5.41 Å². The van der Waals surface area contributed by atoms with Crippen molar-refractivity contribution in [3.8, 4) is 0 Å². The van der Waals surface area contributed by atoms with Crippen LogP contribution in [-0.4, -0.2) is 6.54 Å². The fourth-order valence-corrected chi connectivity index (χ4v) is 1.90. The Kier molecular flexibility index (Phi) is 2.87. The second-order valence-electron chi connectivity index (χ2n) is 4.44. The van der Waals surface area contributed by atoms with Gasteiger partial charge in [-0.2, -0.15) is 0 Å². The van der Waals surface area contributed by atoms with Gasteiger partial charge in [0.15, 0.2) is 0 Å². The maximum atomic E-state index is 3.56. The fraction of sp³-hybridized carbons (Fsp3) is 0.538. The number of benzene rings is 1. The summed E-state index contributed by atoms with van der Waals surface area (Å²) in [7, 11) is 0. The smallest absolute Gasteiger partial charge is 0.0205 e. The topological polar surface area (TPSA) is 12.0 Å². The van der Waals surface area contributed by atoms with Gasteiger partial charge in [-0.15, -0.1) is 0 Å². The van der Waals surface area contributed by atoms with Gasteiger partial charge < -0.3 is 5.32 Å². The van der Waals surface area contributed by atoms with E-state index in [1.54, 1.807) is 0 Å². The Morgan fingerprint density at radius 3 is 2.50 bits per heavy atom. The molecular formula is C13H19N. The SMILES string of the molecule is CCC1(CNCc2ccccc2)CC1. The molecule has 0 atom stereocenters. The maximum absolute atomic E-state index is 3.56. The van der Waals surface area contributed by atoms with Crippen LogP contribution in [0.15, 0.2) is 30.3 Å². The molecule has 76 valence electrons. The Bertz CT molecular complexity index is 275. The molecule has 1 saturated carbocycles. The summed E-state index contributed by atoms with van der Waals surface area (Å²) in [5, 5.41) is 3.56. The molecule has 1 nitrogen and oxygen atoms in total. The molecular weight excluding hydrogens is 170 g/mol. The van der Waals surface area contributed by atoms with Crippen LogP contribution in [0.4, 0.5) is 0 Å². The van der Waals surface area contributed by atoms with E-state index in [1.165, 1.54) is 31.4 Å². The molecule has 0 saturated heterocycles. The van der Waals surface area contributed by atoms with E-state index in [-0.39, 0.29) is 0 Å². The van der Waals surface area contributed by atoms with Crippen LogP contribution in [-0.2, 0) is 6.54 Å². The van der Waals surface area contributed by atoms with Crippen LogP contribution in [0.25, 0.3) is 0 Å². The van der Waals surface area contributed by atoms with Gasteiger partial charge in [-0.1, -0.05) is 37.3 Å². The first-order chi connectivity index (χ1) is 6.85. The van der Waals surface area contributed by atoms with Crippen LogP contribution in [0, 0.1) is 5.41 Å². The van der Waals surface area contributed by atoms with E-state index in [4.69, 9.17) is 0 Å². The predicted molar refractivity (Wildman–Crippen MR) is 60.1 cm³/mol. The summed E-state index contributed by atoms with van der Waals surface area (Å²) in [6.07, 6.45) is 4.17. The zero-order valence-corrected chi connectivity index (χ0v) is 8.92. The number of rotatable bonds is 5. The van der Waals surface area contributed by atoms with E-state index in [2.05, 4.69) is 42.6 Å². The molecule has 0 heterocycles. The summed E-state index contributed by atoms with van der Waals surface area (Å²) >= 11 is 0. The Balaban J connectivity index is 1.73. The van der Waals surface area contributed by atoms with E-state index < -0.39 is 0 Å². The standard InChI is InChI=1S/C13H19N/c1-2-13(8-9-13)11-14-10-12-6-4-3-5-7-12/h3-7,14H,2,8-11H2,1H3.